The highest BCUT2D eigenvalue weighted by Gasteiger charge is 2.39. The number of aromatic carboxylic acids is 1. The summed E-state index contributed by atoms with van der Waals surface area (Å²) in [6.07, 6.45) is 0.514. The van der Waals surface area contributed by atoms with Crippen LogP contribution in [0.1, 0.15) is 34.5 Å². The lowest BCUT2D eigenvalue weighted by Crippen LogP contribution is -2.45. The van der Waals surface area contributed by atoms with E-state index in [0.29, 0.717) is 19.5 Å². The molecule has 130 valence electrons. The Morgan fingerprint density at radius 3 is 2.48 bits per heavy atom. The third-order valence-corrected chi connectivity index (χ3v) is 4.25. The molecule has 25 heavy (non-hydrogen) atoms. The number of carbonyl (C=O) groups is 3. The van der Waals surface area contributed by atoms with Gasteiger partial charge in [0, 0.05) is 18.8 Å². The average molecular weight is 342 g/mol. The number of hydrogen-bond donors (Lipinski definition) is 1. The Kier molecular flexibility index (Phi) is 4.56. The number of anilines is 1. The van der Waals surface area contributed by atoms with Crippen LogP contribution >= 0.6 is 0 Å². The monoisotopic (exact) mass is 342 g/mol. The van der Waals surface area contributed by atoms with Gasteiger partial charge in [-0.25, -0.2) is 4.79 Å². The van der Waals surface area contributed by atoms with E-state index in [1.54, 1.807) is 11.8 Å². The van der Waals surface area contributed by atoms with E-state index in [9.17, 15) is 14.4 Å². The van der Waals surface area contributed by atoms with Crippen LogP contribution in [-0.2, 0) is 4.79 Å². The predicted molar refractivity (Wildman–Crippen MR) is 89.6 cm³/mol. The van der Waals surface area contributed by atoms with Crippen molar-refractivity contribution in [2.24, 2.45) is 0 Å². The molecule has 2 amide bonds. The molecular formula is C18H18N2O5. The second kappa shape index (κ2) is 6.80. The van der Waals surface area contributed by atoms with Crippen molar-refractivity contribution in [1.29, 1.82) is 0 Å². The Morgan fingerprint density at radius 2 is 1.88 bits per heavy atom. The Hall–Kier alpha value is -3.09. The first-order chi connectivity index (χ1) is 12.0. The van der Waals surface area contributed by atoms with Crippen LogP contribution in [0.3, 0.4) is 0 Å². The summed E-state index contributed by atoms with van der Waals surface area (Å²) in [6.45, 7) is 2.62. The van der Waals surface area contributed by atoms with E-state index in [0.717, 1.165) is 5.69 Å². The minimum absolute atomic E-state index is 0.0785. The van der Waals surface area contributed by atoms with Crippen molar-refractivity contribution in [2.45, 2.75) is 19.4 Å². The van der Waals surface area contributed by atoms with Gasteiger partial charge in [-0.05, 0) is 37.6 Å². The van der Waals surface area contributed by atoms with E-state index in [-0.39, 0.29) is 17.4 Å². The number of carboxylic acid groups (broad SMARTS) is 1. The van der Waals surface area contributed by atoms with E-state index in [2.05, 4.69) is 0 Å². The molecule has 3 rings (SSSR count). The average Bonchev–Trinajstić information content (AvgIpc) is 3.24. The third-order valence-electron chi connectivity index (χ3n) is 4.25. The molecule has 0 spiro atoms. The molecule has 7 nitrogen and oxygen atoms in total. The molecule has 1 aliphatic rings. The Bertz CT molecular complexity index is 799. The minimum Gasteiger partial charge on any atom is -0.475 e. The molecule has 1 saturated heterocycles. The molecule has 1 aromatic heterocycles. The number of furan rings is 1. The van der Waals surface area contributed by atoms with E-state index in [4.69, 9.17) is 9.52 Å². The summed E-state index contributed by atoms with van der Waals surface area (Å²) in [5, 5.41) is 8.91. The number of hydrogen-bond acceptors (Lipinski definition) is 4. The number of rotatable bonds is 5. The summed E-state index contributed by atoms with van der Waals surface area (Å²) < 4.78 is 5.08. The number of para-hydroxylation sites is 1. The predicted octanol–water partition coefficient (Wildman–Crippen LogP) is 2.25. The van der Waals surface area contributed by atoms with Gasteiger partial charge in [0.25, 0.3) is 5.91 Å². The highest BCUT2D eigenvalue weighted by atomic mass is 16.4. The summed E-state index contributed by atoms with van der Waals surface area (Å²) >= 11 is 0. The molecule has 2 heterocycles. The molecule has 1 fully saturated rings. The van der Waals surface area contributed by atoms with Crippen molar-refractivity contribution in [3.8, 4) is 0 Å². The van der Waals surface area contributed by atoms with E-state index in [1.165, 1.54) is 17.0 Å². The fraction of sp³-hybridized carbons (Fsp3) is 0.278. The van der Waals surface area contributed by atoms with Crippen LogP contribution in [0, 0.1) is 0 Å². The van der Waals surface area contributed by atoms with Gasteiger partial charge in [0.2, 0.25) is 11.7 Å². The second-order valence-electron chi connectivity index (χ2n) is 5.69. The molecular weight excluding hydrogens is 324 g/mol. The maximum absolute atomic E-state index is 12.8. The fourth-order valence-corrected chi connectivity index (χ4v) is 3.03. The molecule has 7 heteroatoms. The maximum Gasteiger partial charge on any atom is 0.371 e. The van der Waals surface area contributed by atoms with Crippen molar-refractivity contribution in [1.82, 2.24) is 4.90 Å². The lowest BCUT2D eigenvalue weighted by molar-refractivity contribution is -0.121. The van der Waals surface area contributed by atoms with Gasteiger partial charge in [-0.1, -0.05) is 18.2 Å². The Morgan fingerprint density at radius 1 is 1.20 bits per heavy atom. The normalized spacial score (nSPS) is 16.9. The van der Waals surface area contributed by atoms with Crippen molar-refractivity contribution in [3.05, 3.63) is 54.0 Å². The number of nitrogens with zero attached hydrogens (tertiary/aromatic N) is 2. The molecule has 0 unspecified atom stereocenters. The minimum atomic E-state index is -1.24. The number of carbonyl (C=O) groups excluding carboxylic acids is 2. The molecule has 1 atom stereocenters. The van der Waals surface area contributed by atoms with E-state index in [1.807, 2.05) is 30.3 Å². The first-order valence-corrected chi connectivity index (χ1v) is 8.03. The summed E-state index contributed by atoms with van der Waals surface area (Å²) in [4.78, 5) is 39.4. The topological polar surface area (TPSA) is 91.1 Å². The van der Waals surface area contributed by atoms with Crippen molar-refractivity contribution >= 4 is 23.5 Å². The number of amides is 2. The highest BCUT2D eigenvalue weighted by Crippen LogP contribution is 2.25. The van der Waals surface area contributed by atoms with Gasteiger partial charge in [-0.3, -0.25) is 9.59 Å². The molecule has 0 saturated carbocycles. The Balaban J connectivity index is 1.80. The van der Waals surface area contributed by atoms with Crippen LogP contribution in [0.15, 0.2) is 46.9 Å². The van der Waals surface area contributed by atoms with Crippen LogP contribution in [-0.4, -0.2) is 46.9 Å². The zero-order chi connectivity index (χ0) is 18.0. The molecule has 2 aromatic rings. The molecule has 1 aliphatic heterocycles. The number of benzene rings is 1. The van der Waals surface area contributed by atoms with Crippen LogP contribution < -0.4 is 4.90 Å². The van der Waals surface area contributed by atoms with Gasteiger partial charge in [0.1, 0.15) is 6.04 Å². The van der Waals surface area contributed by atoms with E-state index < -0.39 is 17.9 Å². The largest absolute Gasteiger partial charge is 0.475 e. The lowest BCUT2D eigenvalue weighted by atomic mass is 10.2. The fourth-order valence-electron chi connectivity index (χ4n) is 3.03. The van der Waals surface area contributed by atoms with Crippen LogP contribution in [0.4, 0.5) is 5.69 Å². The van der Waals surface area contributed by atoms with Gasteiger partial charge in [-0.15, -0.1) is 0 Å². The van der Waals surface area contributed by atoms with Gasteiger partial charge in [0.15, 0.2) is 5.76 Å². The van der Waals surface area contributed by atoms with Gasteiger partial charge < -0.3 is 19.3 Å². The molecule has 1 aromatic carbocycles. The maximum atomic E-state index is 12.8. The van der Waals surface area contributed by atoms with Crippen molar-refractivity contribution in [2.75, 3.05) is 18.0 Å². The summed E-state index contributed by atoms with van der Waals surface area (Å²) in [7, 11) is 0. The van der Waals surface area contributed by atoms with Gasteiger partial charge >= 0.3 is 5.97 Å². The van der Waals surface area contributed by atoms with Gasteiger partial charge in [0.05, 0.1) is 0 Å². The molecule has 0 bridgehead atoms. The first kappa shape index (κ1) is 16.8. The third kappa shape index (κ3) is 3.13. The SMILES string of the molecule is CCN(C(=O)c1ccc(C(=O)O)o1)[C@H]1CCN(c2ccccc2)C1=O. The molecule has 1 N–H and O–H groups in total. The quantitative estimate of drug-likeness (QED) is 0.900. The van der Waals surface area contributed by atoms with Crippen LogP contribution in [0.2, 0.25) is 0 Å². The summed E-state index contributed by atoms with van der Waals surface area (Å²) in [5.41, 5.74) is 0.796. The van der Waals surface area contributed by atoms with Gasteiger partial charge in [-0.2, -0.15) is 0 Å². The molecule has 0 radical (unpaired) electrons. The van der Waals surface area contributed by atoms with E-state index >= 15 is 0 Å². The van der Waals surface area contributed by atoms with Crippen LogP contribution in [0.5, 0.6) is 0 Å². The van der Waals surface area contributed by atoms with Crippen molar-refractivity contribution < 1.29 is 23.9 Å². The zero-order valence-electron chi connectivity index (χ0n) is 13.7. The van der Waals surface area contributed by atoms with Crippen molar-refractivity contribution in [3.63, 3.8) is 0 Å². The standard InChI is InChI=1S/C18H18N2O5/c1-2-19(17(22)14-8-9-15(25-14)18(23)24)13-10-11-20(16(13)21)12-6-4-3-5-7-12/h3-9,13H,2,10-11H2,1H3,(H,23,24)/t13-/m0/s1. The van der Waals surface area contributed by atoms with Crippen LogP contribution in [0.25, 0.3) is 0 Å². The number of likely N-dealkylation sites (N-methyl/N-ethyl adjacent to an activating group) is 1. The second-order valence-corrected chi connectivity index (χ2v) is 5.69. The lowest BCUT2D eigenvalue weighted by Gasteiger charge is -2.26. The highest BCUT2D eigenvalue weighted by molar-refractivity contribution is 6.03. The molecule has 0 aliphatic carbocycles. The smallest absolute Gasteiger partial charge is 0.371 e. The summed E-state index contributed by atoms with van der Waals surface area (Å²) in [5.74, 6) is -2.25. The number of carboxylic acids is 1. The first-order valence-electron chi connectivity index (χ1n) is 8.03. The Labute approximate surface area is 144 Å². The summed E-state index contributed by atoms with van der Waals surface area (Å²) in [6, 6.07) is 11.3. The zero-order valence-corrected chi connectivity index (χ0v) is 13.7.